The Morgan fingerprint density at radius 2 is 2.05 bits per heavy atom. The number of piperidine rings is 1. The van der Waals surface area contributed by atoms with Crippen molar-refractivity contribution >= 4 is 17.8 Å². The van der Waals surface area contributed by atoms with Gasteiger partial charge in [0.25, 0.3) is 0 Å². The molecular weight excluding hydrogens is 260 g/mol. The van der Waals surface area contributed by atoms with E-state index in [9.17, 15) is 14.4 Å². The van der Waals surface area contributed by atoms with Crippen LogP contribution in [0.3, 0.4) is 0 Å². The van der Waals surface area contributed by atoms with E-state index in [4.69, 9.17) is 0 Å². The molecule has 1 aliphatic heterocycles. The molecule has 2 aliphatic rings. The first-order chi connectivity index (χ1) is 9.36. The Bertz CT molecular complexity index is 433. The molecule has 1 N–H and O–H groups in total. The predicted molar refractivity (Wildman–Crippen MR) is 72.0 cm³/mol. The maximum absolute atomic E-state index is 12.7. The fourth-order valence-electron chi connectivity index (χ4n) is 3.34. The zero-order valence-electron chi connectivity index (χ0n) is 12.4. The number of ether oxygens (including phenoxy) is 1. The van der Waals surface area contributed by atoms with Gasteiger partial charge in [0.2, 0.25) is 5.91 Å². The Morgan fingerprint density at radius 1 is 1.40 bits per heavy atom. The third kappa shape index (κ3) is 2.39. The van der Waals surface area contributed by atoms with Crippen LogP contribution in [0.1, 0.15) is 33.6 Å². The summed E-state index contributed by atoms with van der Waals surface area (Å²) in [4.78, 5) is 37.6. The topological polar surface area (TPSA) is 75.7 Å². The van der Waals surface area contributed by atoms with Crippen molar-refractivity contribution in [1.29, 1.82) is 0 Å². The number of amides is 2. The van der Waals surface area contributed by atoms with Crippen molar-refractivity contribution in [2.24, 2.45) is 11.8 Å². The van der Waals surface area contributed by atoms with E-state index < -0.39 is 12.1 Å². The van der Waals surface area contributed by atoms with Crippen LogP contribution in [-0.4, -0.2) is 47.9 Å². The monoisotopic (exact) mass is 282 g/mol. The normalized spacial score (nSPS) is 29.8. The van der Waals surface area contributed by atoms with Crippen molar-refractivity contribution in [3.8, 4) is 0 Å². The summed E-state index contributed by atoms with van der Waals surface area (Å²) in [6, 6.07) is -0.690. The molecule has 4 atom stereocenters. The van der Waals surface area contributed by atoms with Crippen LogP contribution in [0.2, 0.25) is 0 Å². The summed E-state index contributed by atoms with van der Waals surface area (Å²) in [6.45, 7) is 5.67. The molecule has 112 valence electrons. The molecule has 0 aromatic rings. The third-order valence-corrected chi connectivity index (χ3v) is 4.44. The molecule has 1 aliphatic carbocycles. The number of likely N-dealkylation sites (tertiary alicyclic amines) is 1. The van der Waals surface area contributed by atoms with E-state index in [0.29, 0.717) is 6.42 Å². The number of fused-ring (bicyclic) bond motifs is 2. The minimum absolute atomic E-state index is 0.00398. The predicted octanol–water partition coefficient (Wildman–Crippen LogP) is 0.945. The fourth-order valence-corrected chi connectivity index (χ4v) is 3.34. The summed E-state index contributed by atoms with van der Waals surface area (Å²) >= 11 is 0. The standard InChI is InChI=1S/C14H22N2O4/c1-7(2)12(15-14(19)20-4)13(18)16-8(3)10-5-9(16)6-11(10)17/h7-10,12H,5-6H2,1-4H3,(H,15,19)/t8-,9+,10+,12+/m1/s1. The molecule has 0 unspecified atom stereocenters. The number of rotatable bonds is 3. The summed E-state index contributed by atoms with van der Waals surface area (Å²) in [6.07, 6.45) is 0.601. The average Bonchev–Trinajstić information content (AvgIpc) is 2.90. The van der Waals surface area contributed by atoms with Gasteiger partial charge >= 0.3 is 6.09 Å². The molecule has 0 spiro atoms. The number of methoxy groups -OCH3 is 1. The van der Waals surface area contributed by atoms with Crippen molar-refractivity contribution in [2.75, 3.05) is 7.11 Å². The zero-order chi connectivity index (χ0) is 15.0. The Hall–Kier alpha value is -1.59. The van der Waals surface area contributed by atoms with Crippen molar-refractivity contribution < 1.29 is 19.1 Å². The van der Waals surface area contributed by atoms with Crippen molar-refractivity contribution in [3.05, 3.63) is 0 Å². The van der Waals surface area contributed by atoms with Crippen molar-refractivity contribution in [2.45, 2.75) is 51.7 Å². The molecule has 2 rings (SSSR count). The molecule has 1 saturated heterocycles. The molecule has 1 heterocycles. The van der Waals surface area contributed by atoms with Gasteiger partial charge in [0.1, 0.15) is 11.8 Å². The van der Waals surface area contributed by atoms with Gasteiger partial charge in [-0.3, -0.25) is 9.59 Å². The van der Waals surface area contributed by atoms with E-state index in [0.717, 1.165) is 6.42 Å². The minimum Gasteiger partial charge on any atom is -0.453 e. The van der Waals surface area contributed by atoms with Gasteiger partial charge in [-0.15, -0.1) is 0 Å². The third-order valence-electron chi connectivity index (χ3n) is 4.44. The van der Waals surface area contributed by atoms with Crippen LogP contribution in [-0.2, 0) is 14.3 Å². The highest BCUT2D eigenvalue weighted by Crippen LogP contribution is 2.40. The van der Waals surface area contributed by atoms with Gasteiger partial charge in [0.05, 0.1) is 7.11 Å². The number of alkyl carbamates (subject to hydrolysis) is 1. The van der Waals surface area contributed by atoms with E-state index in [1.807, 2.05) is 20.8 Å². The largest absolute Gasteiger partial charge is 0.453 e. The van der Waals surface area contributed by atoms with E-state index in [2.05, 4.69) is 10.1 Å². The second-order valence-corrected chi connectivity index (χ2v) is 6.01. The van der Waals surface area contributed by atoms with Gasteiger partial charge in [-0.05, 0) is 19.3 Å². The van der Waals surface area contributed by atoms with E-state index in [1.54, 1.807) is 4.90 Å². The quantitative estimate of drug-likeness (QED) is 0.836. The van der Waals surface area contributed by atoms with Gasteiger partial charge in [0, 0.05) is 24.4 Å². The Labute approximate surface area is 118 Å². The van der Waals surface area contributed by atoms with Crippen LogP contribution in [0.15, 0.2) is 0 Å². The number of carbonyl (C=O) groups excluding carboxylic acids is 3. The molecule has 2 amide bonds. The smallest absolute Gasteiger partial charge is 0.407 e. The van der Waals surface area contributed by atoms with Crippen molar-refractivity contribution in [1.82, 2.24) is 10.2 Å². The maximum Gasteiger partial charge on any atom is 0.407 e. The highest BCUT2D eigenvalue weighted by Gasteiger charge is 2.52. The van der Waals surface area contributed by atoms with Gasteiger partial charge in [-0.25, -0.2) is 4.79 Å². The molecular formula is C14H22N2O4. The number of carbonyl (C=O) groups is 3. The number of Topliss-reactive ketones (excluding diaryl/α,β-unsaturated/α-hetero) is 1. The molecule has 1 saturated carbocycles. The highest BCUT2D eigenvalue weighted by molar-refractivity contribution is 5.92. The Kier molecular flexibility index (Phi) is 4.01. The Balaban J connectivity index is 2.13. The van der Waals surface area contributed by atoms with E-state index >= 15 is 0 Å². The second-order valence-electron chi connectivity index (χ2n) is 6.01. The van der Waals surface area contributed by atoms with Crippen LogP contribution < -0.4 is 5.32 Å². The lowest BCUT2D eigenvalue weighted by Gasteiger charge is -2.36. The number of hydrogen-bond donors (Lipinski definition) is 1. The van der Waals surface area contributed by atoms with Gasteiger partial charge in [-0.2, -0.15) is 0 Å². The van der Waals surface area contributed by atoms with Crippen molar-refractivity contribution in [3.63, 3.8) is 0 Å². The summed E-state index contributed by atoms with van der Waals surface area (Å²) in [7, 11) is 1.27. The first-order valence-corrected chi connectivity index (χ1v) is 7.06. The molecule has 2 bridgehead atoms. The van der Waals surface area contributed by atoms with Crippen LogP contribution >= 0.6 is 0 Å². The molecule has 0 aromatic carbocycles. The Morgan fingerprint density at radius 3 is 2.50 bits per heavy atom. The molecule has 0 radical (unpaired) electrons. The SMILES string of the molecule is COC(=O)N[C@H](C(=O)N1[C@@H]2CC(=O)[C@@H](C2)[C@H]1C)C(C)C. The van der Waals surface area contributed by atoms with Crippen LogP contribution in [0.5, 0.6) is 0 Å². The highest BCUT2D eigenvalue weighted by atomic mass is 16.5. The molecule has 2 fully saturated rings. The van der Waals surface area contributed by atoms with Crippen LogP contribution in [0.4, 0.5) is 4.79 Å². The summed E-state index contributed by atoms with van der Waals surface area (Å²) < 4.78 is 4.57. The number of hydrogen-bond acceptors (Lipinski definition) is 4. The van der Waals surface area contributed by atoms with Gasteiger partial charge in [-0.1, -0.05) is 13.8 Å². The molecule has 6 heteroatoms. The lowest BCUT2D eigenvalue weighted by atomic mass is 9.96. The lowest BCUT2D eigenvalue weighted by Crippen LogP contribution is -2.56. The summed E-state index contributed by atoms with van der Waals surface area (Å²) in [5.74, 6) is 0.0741. The van der Waals surface area contributed by atoms with Crippen LogP contribution in [0.25, 0.3) is 0 Å². The second kappa shape index (κ2) is 5.42. The summed E-state index contributed by atoms with van der Waals surface area (Å²) in [5.41, 5.74) is 0. The average molecular weight is 282 g/mol. The maximum atomic E-state index is 12.7. The van der Waals surface area contributed by atoms with E-state index in [1.165, 1.54) is 7.11 Å². The van der Waals surface area contributed by atoms with Gasteiger partial charge in [0.15, 0.2) is 0 Å². The first-order valence-electron chi connectivity index (χ1n) is 7.06. The van der Waals surface area contributed by atoms with Crippen LogP contribution in [0, 0.1) is 11.8 Å². The summed E-state index contributed by atoms with van der Waals surface area (Å²) in [5, 5.41) is 2.60. The molecule has 6 nitrogen and oxygen atoms in total. The molecule has 0 aromatic heterocycles. The fraction of sp³-hybridized carbons (Fsp3) is 0.786. The first kappa shape index (κ1) is 14.8. The van der Waals surface area contributed by atoms with E-state index in [-0.39, 0.29) is 35.6 Å². The lowest BCUT2D eigenvalue weighted by molar-refractivity contribution is -0.140. The number of nitrogens with one attached hydrogen (secondary N) is 1. The van der Waals surface area contributed by atoms with Gasteiger partial charge < -0.3 is 15.0 Å². The zero-order valence-corrected chi connectivity index (χ0v) is 12.4. The molecule has 20 heavy (non-hydrogen) atoms. The number of ketones is 1. The number of nitrogens with zero attached hydrogens (tertiary/aromatic N) is 1. The minimum atomic E-state index is -0.612.